The number of aromatic nitrogens is 2. The molecule has 0 bridgehead atoms. The maximum Gasteiger partial charge on any atom is 0.229 e. The van der Waals surface area contributed by atoms with Gasteiger partial charge in [0.05, 0.1) is 5.92 Å². The molecule has 3 heterocycles. The summed E-state index contributed by atoms with van der Waals surface area (Å²) in [4.78, 5) is 23.6. The van der Waals surface area contributed by atoms with Gasteiger partial charge in [-0.3, -0.25) is 9.78 Å². The Kier molecular flexibility index (Phi) is 7.14. The highest BCUT2D eigenvalue weighted by atomic mass is 19.1. The second kappa shape index (κ2) is 10.4. The van der Waals surface area contributed by atoms with Crippen LogP contribution >= 0.6 is 0 Å². The van der Waals surface area contributed by atoms with Crippen molar-refractivity contribution < 1.29 is 14.3 Å². The molecule has 0 spiro atoms. The minimum atomic E-state index is -0.708. The van der Waals surface area contributed by atoms with Gasteiger partial charge in [-0.25, -0.2) is 9.37 Å². The van der Waals surface area contributed by atoms with Gasteiger partial charge in [0.25, 0.3) is 0 Å². The SMILES string of the molecule is NC(=O)C(c1cccnc1)c1ccc(N2CC[C@@H](CO)C2)nc1NCCc1cccc(F)c1. The van der Waals surface area contributed by atoms with Crippen LogP contribution in [0.15, 0.2) is 60.9 Å². The summed E-state index contributed by atoms with van der Waals surface area (Å²) in [6.45, 7) is 2.19. The summed E-state index contributed by atoms with van der Waals surface area (Å²) in [5.41, 5.74) is 8.02. The van der Waals surface area contributed by atoms with Gasteiger partial charge in [0, 0.05) is 50.1 Å². The molecule has 2 aromatic heterocycles. The molecule has 1 saturated heterocycles. The van der Waals surface area contributed by atoms with Gasteiger partial charge in [0.1, 0.15) is 17.5 Å². The summed E-state index contributed by atoms with van der Waals surface area (Å²) >= 11 is 0. The average molecular weight is 450 g/mol. The smallest absolute Gasteiger partial charge is 0.229 e. The van der Waals surface area contributed by atoms with E-state index in [1.165, 1.54) is 12.1 Å². The molecule has 0 aliphatic carbocycles. The van der Waals surface area contributed by atoms with E-state index in [0.29, 0.717) is 29.9 Å². The summed E-state index contributed by atoms with van der Waals surface area (Å²) in [5, 5.41) is 12.8. The van der Waals surface area contributed by atoms with Crippen molar-refractivity contribution >= 4 is 17.5 Å². The number of anilines is 2. The lowest BCUT2D eigenvalue weighted by molar-refractivity contribution is -0.118. The Morgan fingerprint density at radius 1 is 1.27 bits per heavy atom. The first kappa shape index (κ1) is 22.7. The van der Waals surface area contributed by atoms with Crippen LogP contribution in [0.25, 0.3) is 0 Å². The molecule has 172 valence electrons. The van der Waals surface area contributed by atoms with Gasteiger partial charge < -0.3 is 21.1 Å². The minimum absolute atomic E-state index is 0.151. The van der Waals surface area contributed by atoms with E-state index in [2.05, 4.69) is 15.2 Å². The van der Waals surface area contributed by atoms with Crippen molar-refractivity contribution in [1.29, 1.82) is 0 Å². The van der Waals surface area contributed by atoms with E-state index in [0.717, 1.165) is 30.9 Å². The molecule has 8 heteroatoms. The Balaban J connectivity index is 1.63. The largest absolute Gasteiger partial charge is 0.396 e. The monoisotopic (exact) mass is 449 g/mol. The van der Waals surface area contributed by atoms with E-state index >= 15 is 0 Å². The Morgan fingerprint density at radius 3 is 2.85 bits per heavy atom. The van der Waals surface area contributed by atoms with Crippen LogP contribution in [0.5, 0.6) is 0 Å². The van der Waals surface area contributed by atoms with Crippen molar-refractivity contribution in [3.05, 3.63) is 83.4 Å². The van der Waals surface area contributed by atoms with Gasteiger partial charge in [0.2, 0.25) is 5.91 Å². The molecule has 7 nitrogen and oxygen atoms in total. The van der Waals surface area contributed by atoms with E-state index in [1.807, 2.05) is 24.3 Å². The fourth-order valence-electron chi connectivity index (χ4n) is 4.26. The number of nitrogens with one attached hydrogen (secondary N) is 1. The van der Waals surface area contributed by atoms with Gasteiger partial charge >= 0.3 is 0 Å². The van der Waals surface area contributed by atoms with E-state index in [1.54, 1.807) is 24.5 Å². The van der Waals surface area contributed by atoms with Gasteiger partial charge in [-0.2, -0.15) is 0 Å². The average Bonchev–Trinajstić information content (AvgIpc) is 3.30. The second-order valence-electron chi connectivity index (χ2n) is 8.32. The minimum Gasteiger partial charge on any atom is -0.396 e. The number of rotatable bonds is 9. The van der Waals surface area contributed by atoms with E-state index < -0.39 is 11.8 Å². The molecule has 1 unspecified atom stereocenters. The van der Waals surface area contributed by atoms with Gasteiger partial charge in [0.15, 0.2) is 0 Å². The molecule has 1 fully saturated rings. The van der Waals surface area contributed by atoms with Crippen LogP contribution in [-0.4, -0.2) is 47.2 Å². The van der Waals surface area contributed by atoms with Crippen LogP contribution in [0.3, 0.4) is 0 Å². The molecule has 1 aromatic carbocycles. The maximum absolute atomic E-state index is 13.5. The molecule has 1 aliphatic heterocycles. The fourth-order valence-corrected chi connectivity index (χ4v) is 4.26. The van der Waals surface area contributed by atoms with Crippen molar-refractivity contribution in [2.24, 2.45) is 11.7 Å². The summed E-state index contributed by atoms with van der Waals surface area (Å²) in [7, 11) is 0. The summed E-state index contributed by atoms with van der Waals surface area (Å²) < 4.78 is 13.5. The quantitative estimate of drug-likeness (QED) is 0.464. The van der Waals surface area contributed by atoms with Crippen molar-refractivity contribution in [3.63, 3.8) is 0 Å². The predicted molar refractivity (Wildman–Crippen MR) is 126 cm³/mol. The van der Waals surface area contributed by atoms with Gasteiger partial charge in [-0.15, -0.1) is 0 Å². The number of benzene rings is 1. The number of primary amides is 1. The zero-order valence-corrected chi connectivity index (χ0v) is 18.3. The molecule has 33 heavy (non-hydrogen) atoms. The standard InChI is InChI=1S/C25H28FN5O2/c26-20-5-1-3-17(13-20)8-11-29-25-21(23(24(27)33)19-4-2-10-28-14-19)6-7-22(30-25)31-12-9-18(15-31)16-32/h1-7,10,13-14,18,23,32H,8-9,11-12,15-16H2,(H2,27,33)(H,29,30)/t18-,23?/m1/s1. The van der Waals surface area contributed by atoms with E-state index in [-0.39, 0.29) is 18.3 Å². The van der Waals surface area contributed by atoms with Crippen LogP contribution < -0.4 is 16.0 Å². The number of carbonyl (C=O) groups excluding carboxylic acids is 1. The highest BCUT2D eigenvalue weighted by Gasteiger charge is 2.27. The van der Waals surface area contributed by atoms with Crippen LogP contribution in [0.1, 0.15) is 29.0 Å². The molecule has 0 saturated carbocycles. The molecule has 2 atom stereocenters. The number of aliphatic hydroxyl groups excluding tert-OH is 1. The van der Waals surface area contributed by atoms with Crippen molar-refractivity contribution in [2.45, 2.75) is 18.8 Å². The number of halogens is 1. The first-order chi connectivity index (χ1) is 16.0. The number of hydrogen-bond donors (Lipinski definition) is 3. The second-order valence-corrected chi connectivity index (χ2v) is 8.32. The third-order valence-corrected chi connectivity index (χ3v) is 5.99. The predicted octanol–water partition coefficient (Wildman–Crippen LogP) is 2.71. The molecule has 3 aromatic rings. The molecule has 0 radical (unpaired) electrons. The molecule has 1 aliphatic rings. The highest BCUT2D eigenvalue weighted by molar-refractivity contribution is 5.87. The number of nitrogens with two attached hydrogens (primary N) is 1. The number of amides is 1. The summed E-state index contributed by atoms with van der Waals surface area (Å²) in [5.74, 6) is 0.0880. The summed E-state index contributed by atoms with van der Waals surface area (Å²) in [6, 6.07) is 13.8. The van der Waals surface area contributed by atoms with Crippen LogP contribution in [0, 0.1) is 11.7 Å². The summed E-state index contributed by atoms with van der Waals surface area (Å²) in [6.07, 6.45) is 4.77. The van der Waals surface area contributed by atoms with E-state index in [4.69, 9.17) is 10.7 Å². The third-order valence-electron chi connectivity index (χ3n) is 5.99. The maximum atomic E-state index is 13.5. The molecule has 1 amide bonds. The number of hydrogen-bond acceptors (Lipinski definition) is 6. The number of nitrogens with zero attached hydrogens (tertiary/aromatic N) is 3. The van der Waals surface area contributed by atoms with Gasteiger partial charge in [-0.05, 0) is 48.2 Å². The Hall–Kier alpha value is -3.52. The lowest BCUT2D eigenvalue weighted by Gasteiger charge is -2.22. The Morgan fingerprint density at radius 2 is 2.15 bits per heavy atom. The zero-order valence-electron chi connectivity index (χ0n) is 18.3. The Labute approximate surface area is 192 Å². The van der Waals surface area contributed by atoms with Crippen LogP contribution in [0.2, 0.25) is 0 Å². The molecule has 4 N–H and O–H groups in total. The normalized spacial score (nSPS) is 16.5. The third kappa shape index (κ3) is 5.46. The molecule has 4 rings (SSSR count). The van der Waals surface area contributed by atoms with E-state index in [9.17, 15) is 14.3 Å². The Bertz CT molecular complexity index is 1100. The highest BCUT2D eigenvalue weighted by Crippen LogP contribution is 2.32. The van der Waals surface area contributed by atoms with Gasteiger partial charge in [-0.1, -0.05) is 24.3 Å². The number of carbonyl (C=O) groups is 1. The van der Waals surface area contributed by atoms with Crippen molar-refractivity contribution in [1.82, 2.24) is 9.97 Å². The zero-order chi connectivity index (χ0) is 23.2. The first-order valence-electron chi connectivity index (χ1n) is 11.1. The first-order valence-corrected chi connectivity index (χ1v) is 11.1. The molecular formula is C25H28FN5O2. The van der Waals surface area contributed by atoms with Crippen LogP contribution in [-0.2, 0) is 11.2 Å². The lowest BCUT2D eigenvalue weighted by atomic mass is 9.92. The van der Waals surface area contributed by atoms with Crippen molar-refractivity contribution in [3.8, 4) is 0 Å². The fraction of sp³-hybridized carbons (Fsp3) is 0.320. The number of aliphatic hydroxyl groups is 1. The molecular weight excluding hydrogens is 421 g/mol. The van der Waals surface area contributed by atoms with Crippen molar-refractivity contribution in [2.75, 3.05) is 36.5 Å². The topological polar surface area (TPSA) is 104 Å². The van der Waals surface area contributed by atoms with Crippen LogP contribution in [0.4, 0.5) is 16.0 Å². The lowest BCUT2D eigenvalue weighted by Crippen LogP contribution is -2.26. The number of pyridine rings is 2.